The van der Waals surface area contributed by atoms with Gasteiger partial charge in [0.05, 0.1) is 30.9 Å². The van der Waals surface area contributed by atoms with E-state index in [1.54, 1.807) is 7.11 Å². The zero-order valence-corrected chi connectivity index (χ0v) is 36.6. The van der Waals surface area contributed by atoms with E-state index in [1.807, 2.05) is 55.6 Å². The molecule has 4 amide bonds. The third kappa shape index (κ3) is 9.69. The van der Waals surface area contributed by atoms with Gasteiger partial charge in [-0.1, -0.05) is 44.3 Å². The highest BCUT2D eigenvalue weighted by molar-refractivity contribution is 7.14. The SMILES string of the molecule is COc1ccc2c(O[C@@H]3C[C@H]4C(=O)N[C@]5(C(=O)O)CC5/C=C\CCCCC[C@H](NC(=O)N[C@H](C(=O)C5CC5)C5CCCCC5)C(=O)N4C3)cc(-c3csc(NC(C)C)n3)nc2c1. The van der Waals surface area contributed by atoms with E-state index in [0.29, 0.717) is 46.6 Å². The summed E-state index contributed by atoms with van der Waals surface area (Å²) in [5.74, 6) is -1.39. The van der Waals surface area contributed by atoms with Crippen molar-refractivity contribution in [3.05, 3.63) is 41.8 Å². The van der Waals surface area contributed by atoms with Gasteiger partial charge in [0.15, 0.2) is 10.9 Å². The number of methoxy groups -OCH3 is 1. The third-order valence-corrected chi connectivity index (χ3v) is 13.8. The van der Waals surface area contributed by atoms with E-state index in [1.165, 1.54) is 16.2 Å². The number of fused-ring (bicyclic) bond motifs is 3. The normalized spacial score (nSPS) is 26.9. The molecule has 2 aromatic heterocycles. The summed E-state index contributed by atoms with van der Waals surface area (Å²) in [6.45, 7) is 4.07. The minimum absolute atomic E-state index is 0.000547. The van der Waals surface area contributed by atoms with Gasteiger partial charge < -0.3 is 40.7 Å². The Morgan fingerprint density at radius 1 is 0.984 bits per heavy atom. The molecule has 5 N–H and O–H groups in total. The van der Waals surface area contributed by atoms with E-state index in [4.69, 9.17) is 19.4 Å². The number of carbonyl (C=O) groups excluding carboxylic acids is 4. The van der Waals surface area contributed by atoms with Crippen molar-refractivity contribution in [1.29, 1.82) is 0 Å². The summed E-state index contributed by atoms with van der Waals surface area (Å²) in [6.07, 6.45) is 13.3. The number of pyridine rings is 1. The van der Waals surface area contributed by atoms with Gasteiger partial charge in [-0.2, -0.15) is 0 Å². The molecule has 3 aromatic rings. The maximum Gasteiger partial charge on any atom is 0.330 e. The topological polar surface area (TPSA) is 201 Å². The van der Waals surface area contributed by atoms with Crippen molar-refractivity contribution in [2.24, 2.45) is 17.8 Å². The number of anilines is 1. The van der Waals surface area contributed by atoms with Gasteiger partial charge in [0.2, 0.25) is 11.8 Å². The van der Waals surface area contributed by atoms with Crippen molar-refractivity contribution >= 4 is 57.0 Å². The summed E-state index contributed by atoms with van der Waals surface area (Å²) in [5, 5.41) is 25.9. The summed E-state index contributed by atoms with van der Waals surface area (Å²) < 4.78 is 12.3. The molecular formula is C46H59N7O8S. The largest absolute Gasteiger partial charge is 0.497 e. The number of nitrogens with one attached hydrogen (secondary N) is 4. The second-order valence-corrected chi connectivity index (χ2v) is 18.9. The molecule has 2 aliphatic heterocycles. The molecule has 1 aromatic carbocycles. The van der Waals surface area contributed by atoms with Gasteiger partial charge >= 0.3 is 12.0 Å². The molecule has 0 bridgehead atoms. The molecule has 4 fully saturated rings. The first-order chi connectivity index (χ1) is 29.9. The van der Waals surface area contributed by atoms with E-state index in [2.05, 4.69) is 21.3 Å². The fraction of sp³-hybridized carbons (Fsp3) is 0.587. The summed E-state index contributed by atoms with van der Waals surface area (Å²) in [4.78, 5) is 80.6. The summed E-state index contributed by atoms with van der Waals surface area (Å²) in [5.41, 5.74) is 0.328. The van der Waals surface area contributed by atoms with Crippen LogP contribution in [0.2, 0.25) is 0 Å². The average molecular weight is 870 g/mol. The Balaban J connectivity index is 1.09. The summed E-state index contributed by atoms with van der Waals surface area (Å²) >= 11 is 1.46. The van der Waals surface area contributed by atoms with Crippen molar-refractivity contribution in [3.63, 3.8) is 0 Å². The molecule has 0 radical (unpaired) electrons. The number of aliphatic carboxylic acids is 1. The predicted molar refractivity (Wildman–Crippen MR) is 235 cm³/mol. The zero-order valence-electron chi connectivity index (χ0n) is 35.8. The van der Waals surface area contributed by atoms with Crippen LogP contribution in [0.3, 0.4) is 0 Å². The van der Waals surface area contributed by atoms with E-state index in [-0.39, 0.29) is 49.0 Å². The lowest BCUT2D eigenvalue weighted by atomic mass is 9.81. The fourth-order valence-electron chi connectivity index (χ4n) is 9.41. The average Bonchev–Trinajstić information content (AvgIpc) is 4.14. The number of ketones is 1. The smallest absolute Gasteiger partial charge is 0.330 e. The van der Waals surface area contributed by atoms with Gasteiger partial charge in [0.1, 0.15) is 40.9 Å². The number of urea groups is 1. The number of thiazole rings is 1. The van der Waals surface area contributed by atoms with Gasteiger partial charge in [-0.05, 0) is 83.3 Å². The van der Waals surface area contributed by atoms with Crippen LogP contribution in [0.4, 0.5) is 9.93 Å². The van der Waals surface area contributed by atoms with Crippen molar-refractivity contribution in [2.45, 2.75) is 140 Å². The van der Waals surface area contributed by atoms with Crippen LogP contribution in [0, 0.1) is 17.8 Å². The number of benzene rings is 1. The van der Waals surface area contributed by atoms with Gasteiger partial charge in [0.25, 0.3) is 0 Å². The maximum absolute atomic E-state index is 14.9. The first kappa shape index (κ1) is 43.4. The highest BCUT2D eigenvalue weighted by Crippen LogP contribution is 2.46. The summed E-state index contributed by atoms with van der Waals surface area (Å²) in [7, 11) is 1.58. The first-order valence-corrected chi connectivity index (χ1v) is 23.3. The third-order valence-electron chi connectivity index (χ3n) is 13.1. The van der Waals surface area contributed by atoms with Crippen molar-refractivity contribution < 1.29 is 38.6 Å². The molecule has 0 spiro atoms. The highest BCUT2D eigenvalue weighted by Gasteiger charge is 2.61. The molecule has 15 nitrogen and oxygen atoms in total. The number of amides is 4. The number of carboxylic acids is 1. The van der Waals surface area contributed by atoms with E-state index in [9.17, 15) is 29.1 Å². The monoisotopic (exact) mass is 869 g/mol. The number of aromatic nitrogens is 2. The Hall–Kier alpha value is -5.25. The molecule has 3 saturated carbocycles. The predicted octanol–water partition coefficient (Wildman–Crippen LogP) is 6.61. The van der Waals surface area contributed by atoms with Crippen molar-refractivity contribution in [1.82, 2.24) is 30.8 Å². The fourth-order valence-corrected chi connectivity index (χ4v) is 10.3. The number of hydrogen-bond donors (Lipinski definition) is 5. The van der Waals surface area contributed by atoms with Gasteiger partial charge in [-0.15, -0.1) is 11.3 Å². The number of Topliss-reactive ketones (excluding diaryl/α,β-unsaturated/α-hetero) is 1. The molecule has 3 aliphatic carbocycles. The zero-order chi connectivity index (χ0) is 43.5. The molecule has 1 saturated heterocycles. The van der Waals surface area contributed by atoms with Crippen molar-refractivity contribution in [3.8, 4) is 22.9 Å². The maximum atomic E-state index is 14.9. The Labute approximate surface area is 366 Å². The lowest BCUT2D eigenvalue weighted by molar-refractivity contribution is -0.145. The highest BCUT2D eigenvalue weighted by atomic mass is 32.1. The molecule has 5 aliphatic rings. The van der Waals surface area contributed by atoms with E-state index < -0.39 is 53.6 Å². The van der Waals surface area contributed by atoms with Crippen LogP contribution in [-0.4, -0.2) is 99.0 Å². The van der Waals surface area contributed by atoms with Crippen LogP contribution >= 0.6 is 11.3 Å². The minimum Gasteiger partial charge on any atom is -0.497 e. The first-order valence-electron chi connectivity index (χ1n) is 22.4. The quantitative estimate of drug-likeness (QED) is 0.123. The van der Waals surface area contributed by atoms with Gasteiger partial charge in [-0.3, -0.25) is 14.4 Å². The van der Waals surface area contributed by atoms with Crippen LogP contribution in [0.5, 0.6) is 11.5 Å². The molecule has 8 rings (SSSR count). The Morgan fingerprint density at radius 3 is 2.50 bits per heavy atom. The van der Waals surface area contributed by atoms with Crippen LogP contribution in [0.25, 0.3) is 22.3 Å². The number of ether oxygens (including phenoxy) is 2. The molecule has 332 valence electrons. The second kappa shape index (κ2) is 18.6. The molecule has 16 heteroatoms. The Morgan fingerprint density at radius 2 is 1.76 bits per heavy atom. The number of rotatable bonds is 12. The Kier molecular flexibility index (Phi) is 13.0. The van der Waals surface area contributed by atoms with E-state index in [0.717, 1.165) is 69.3 Å². The summed E-state index contributed by atoms with van der Waals surface area (Å²) in [6, 6.07) is 4.18. The second-order valence-electron chi connectivity index (χ2n) is 18.1. The lowest BCUT2D eigenvalue weighted by Crippen LogP contribution is -2.58. The number of nitrogens with zero attached hydrogens (tertiary/aromatic N) is 3. The lowest BCUT2D eigenvalue weighted by Gasteiger charge is -2.32. The molecule has 6 atom stereocenters. The van der Waals surface area contributed by atoms with E-state index >= 15 is 0 Å². The van der Waals surface area contributed by atoms with Crippen LogP contribution in [0.1, 0.15) is 104 Å². The van der Waals surface area contributed by atoms with Crippen LogP contribution in [0.15, 0.2) is 41.8 Å². The van der Waals surface area contributed by atoms with Gasteiger partial charge in [-0.25, -0.2) is 19.6 Å². The number of carbonyl (C=O) groups is 5. The number of carboxylic acid groups (broad SMARTS) is 1. The standard InChI is InChI=1S/C46H59N7O8S/c1-26(2)47-45-50-36(25-62-45)35-22-38(32-19-18-30(60-3)20-34(32)48-35)61-31-21-37-41(55)52-46(43(57)58)23-29(46)14-10-5-4-6-11-15-33(42(56)53(37)24-31)49-44(59)51-39(40(54)28-16-17-28)27-12-8-7-9-13-27/h10,14,18-20,22,25-29,31,33,37,39H,4-9,11-13,15-17,21,23-24H2,1-3H3,(H,47,50)(H,52,55)(H,57,58)(H2,49,51,59)/b14-10-/t29?,31-,33+,37+,39+,46-/m1/s1. The molecular weight excluding hydrogens is 811 g/mol. The Bertz CT molecular complexity index is 2200. The molecule has 4 heterocycles. The van der Waals surface area contributed by atoms with Gasteiger partial charge in [0, 0.05) is 47.2 Å². The molecule has 62 heavy (non-hydrogen) atoms. The van der Waals surface area contributed by atoms with Crippen molar-refractivity contribution in [2.75, 3.05) is 19.0 Å². The molecule has 1 unspecified atom stereocenters. The van der Waals surface area contributed by atoms with Crippen LogP contribution in [-0.2, 0) is 19.2 Å². The number of allylic oxidation sites excluding steroid dienone is 1. The van der Waals surface area contributed by atoms with Crippen LogP contribution < -0.4 is 30.7 Å². The minimum atomic E-state index is -1.48. The number of hydrogen-bond acceptors (Lipinski definition) is 11.